The van der Waals surface area contributed by atoms with Crippen LogP contribution in [0.25, 0.3) is 0 Å². The summed E-state index contributed by atoms with van der Waals surface area (Å²) in [5.74, 6) is 0.340. The summed E-state index contributed by atoms with van der Waals surface area (Å²) in [7, 11) is 1.98. The minimum atomic E-state index is -0.638. The van der Waals surface area contributed by atoms with Crippen molar-refractivity contribution in [2.75, 3.05) is 19.3 Å². The number of nitrogens with zero attached hydrogens (tertiary/aromatic N) is 4. The summed E-state index contributed by atoms with van der Waals surface area (Å²) in [6.07, 6.45) is 4.22. The van der Waals surface area contributed by atoms with Gasteiger partial charge in [0.2, 0.25) is 0 Å². The Labute approximate surface area is 177 Å². The van der Waals surface area contributed by atoms with Crippen LogP contribution in [-0.4, -0.2) is 38.8 Å². The number of rotatable bonds is 5. The SMILES string of the molecule is C=C1N(C)CCC[C@]1(C)n1c(C(C)=O)c(C)cc(CCc2ncnc(N)c2C)c1=O. The molecule has 30 heavy (non-hydrogen) atoms. The molecule has 0 aliphatic carbocycles. The van der Waals surface area contributed by atoms with E-state index >= 15 is 0 Å². The molecule has 2 aromatic heterocycles. The van der Waals surface area contributed by atoms with Crippen molar-refractivity contribution >= 4 is 11.6 Å². The fourth-order valence-corrected chi connectivity index (χ4v) is 4.50. The summed E-state index contributed by atoms with van der Waals surface area (Å²) in [6, 6.07) is 1.84. The van der Waals surface area contributed by atoms with Crippen molar-refractivity contribution in [1.29, 1.82) is 0 Å². The van der Waals surface area contributed by atoms with Crippen molar-refractivity contribution < 1.29 is 4.79 Å². The number of likely N-dealkylation sites (tertiary alicyclic amines) is 1. The van der Waals surface area contributed by atoms with Gasteiger partial charge in [0.15, 0.2) is 5.78 Å². The zero-order valence-electron chi connectivity index (χ0n) is 18.6. The van der Waals surface area contributed by atoms with Gasteiger partial charge in [0, 0.05) is 43.0 Å². The molecule has 1 saturated heterocycles. The molecule has 1 aliphatic heterocycles. The molecule has 1 aliphatic rings. The first-order chi connectivity index (χ1) is 14.1. The van der Waals surface area contributed by atoms with Gasteiger partial charge in [-0.2, -0.15) is 0 Å². The molecule has 1 atom stereocenters. The number of aromatic nitrogens is 3. The molecule has 0 unspecified atom stereocenters. The van der Waals surface area contributed by atoms with E-state index in [1.165, 1.54) is 13.3 Å². The van der Waals surface area contributed by atoms with Crippen LogP contribution in [0.5, 0.6) is 0 Å². The van der Waals surface area contributed by atoms with Crippen molar-refractivity contribution in [2.45, 2.75) is 58.9 Å². The van der Waals surface area contributed by atoms with E-state index in [9.17, 15) is 9.59 Å². The molecule has 0 amide bonds. The third kappa shape index (κ3) is 3.64. The summed E-state index contributed by atoms with van der Waals surface area (Å²) >= 11 is 0. The number of pyridine rings is 1. The summed E-state index contributed by atoms with van der Waals surface area (Å²) < 4.78 is 1.69. The van der Waals surface area contributed by atoms with Crippen LogP contribution in [0, 0.1) is 13.8 Å². The maximum Gasteiger partial charge on any atom is 0.255 e. The normalized spacial score (nSPS) is 19.2. The van der Waals surface area contributed by atoms with Crippen LogP contribution in [0.15, 0.2) is 29.5 Å². The molecule has 160 valence electrons. The van der Waals surface area contributed by atoms with Crippen molar-refractivity contribution in [3.05, 3.63) is 63.1 Å². The largest absolute Gasteiger partial charge is 0.383 e. The van der Waals surface area contributed by atoms with Gasteiger partial charge in [0.05, 0.1) is 11.2 Å². The summed E-state index contributed by atoms with van der Waals surface area (Å²) in [5.41, 5.74) is 9.57. The zero-order valence-corrected chi connectivity index (χ0v) is 18.6. The van der Waals surface area contributed by atoms with E-state index in [4.69, 9.17) is 5.73 Å². The van der Waals surface area contributed by atoms with Crippen molar-refractivity contribution in [3.63, 3.8) is 0 Å². The molecule has 7 nitrogen and oxygen atoms in total. The topological polar surface area (TPSA) is 94.1 Å². The quantitative estimate of drug-likeness (QED) is 0.763. The van der Waals surface area contributed by atoms with Gasteiger partial charge in [0.25, 0.3) is 5.56 Å². The van der Waals surface area contributed by atoms with Crippen LogP contribution in [0.1, 0.15) is 59.6 Å². The number of piperidine rings is 1. The van der Waals surface area contributed by atoms with Crippen molar-refractivity contribution in [2.24, 2.45) is 0 Å². The predicted molar refractivity (Wildman–Crippen MR) is 119 cm³/mol. The first-order valence-corrected chi connectivity index (χ1v) is 10.3. The number of hydrogen-bond acceptors (Lipinski definition) is 6. The third-order valence-corrected chi connectivity index (χ3v) is 6.39. The number of carbonyl (C=O) groups excluding carboxylic acids is 1. The number of Topliss-reactive ketones (excluding diaryl/α,β-unsaturated/α-hetero) is 1. The number of hydrogen-bond donors (Lipinski definition) is 1. The summed E-state index contributed by atoms with van der Waals surface area (Å²) in [5, 5.41) is 0. The van der Waals surface area contributed by atoms with Gasteiger partial charge < -0.3 is 10.6 Å². The minimum absolute atomic E-state index is 0.113. The van der Waals surface area contributed by atoms with Crippen LogP contribution in [0.2, 0.25) is 0 Å². The smallest absolute Gasteiger partial charge is 0.255 e. The Kier molecular flexibility index (Phi) is 5.83. The summed E-state index contributed by atoms with van der Waals surface area (Å²) in [4.78, 5) is 36.6. The average molecular weight is 410 g/mol. The lowest BCUT2D eigenvalue weighted by Gasteiger charge is -2.44. The lowest BCUT2D eigenvalue weighted by molar-refractivity contribution is 0.0987. The molecule has 2 aromatic rings. The molecular formula is C23H31N5O2. The van der Waals surface area contributed by atoms with Crippen LogP contribution < -0.4 is 11.3 Å². The second kappa shape index (κ2) is 8.05. The zero-order chi connectivity index (χ0) is 22.2. The first kappa shape index (κ1) is 21.7. The Hall–Kier alpha value is -2.96. The highest BCUT2D eigenvalue weighted by molar-refractivity contribution is 5.94. The standard InChI is InChI=1S/C23H31N5O2/c1-14-12-18(8-9-19-15(2)21(24)26-13-25-19)22(30)28(20(14)16(3)29)23(5)10-7-11-27(6)17(23)4/h12-13H,4,7-11H2,1-3,5-6H3,(H2,24,25,26)/t23-/m0/s1. The Morgan fingerprint density at radius 2 is 2.00 bits per heavy atom. The van der Waals surface area contributed by atoms with E-state index in [1.807, 2.05) is 33.9 Å². The number of allylic oxidation sites excluding steroid dienone is 1. The van der Waals surface area contributed by atoms with Crippen molar-refractivity contribution in [1.82, 2.24) is 19.4 Å². The molecule has 2 N–H and O–H groups in total. The molecule has 0 saturated carbocycles. The second-order valence-corrected chi connectivity index (χ2v) is 8.47. The van der Waals surface area contributed by atoms with E-state index in [-0.39, 0.29) is 11.3 Å². The highest BCUT2D eigenvalue weighted by atomic mass is 16.1. The lowest BCUT2D eigenvalue weighted by atomic mass is 9.86. The predicted octanol–water partition coefficient (Wildman–Crippen LogP) is 2.78. The first-order valence-electron chi connectivity index (χ1n) is 10.3. The van der Waals surface area contributed by atoms with Crippen LogP contribution in [0.3, 0.4) is 0 Å². The van der Waals surface area contributed by atoms with E-state index in [0.717, 1.165) is 41.9 Å². The van der Waals surface area contributed by atoms with E-state index in [2.05, 4.69) is 21.4 Å². The monoisotopic (exact) mass is 409 g/mol. The average Bonchev–Trinajstić information content (AvgIpc) is 2.68. The van der Waals surface area contributed by atoms with Crippen LogP contribution in [0.4, 0.5) is 5.82 Å². The van der Waals surface area contributed by atoms with Gasteiger partial charge >= 0.3 is 0 Å². The highest BCUT2D eigenvalue weighted by Gasteiger charge is 2.38. The summed E-state index contributed by atoms with van der Waals surface area (Å²) in [6.45, 7) is 12.5. The number of nitrogens with two attached hydrogens (primary N) is 1. The Bertz CT molecular complexity index is 1070. The van der Waals surface area contributed by atoms with E-state index < -0.39 is 5.54 Å². The number of anilines is 1. The number of nitrogen functional groups attached to an aromatic ring is 1. The Balaban J connectivity index is 2.11. The van der Waals surface area contributed by atoms with E-state index in [0.29, 0.717) is 29.9 Å². The maximum atomic E-state index is 13.7. The molecule has 1 fully saturated rings. The molecule has 3 heterocycles. The van der Waals surface area contributed by atoms with E-state index in [1.54, 1.807) is 4.57 Å². The minimum Gasteiger partial charge on any atom is -0.383 e. The molecule has 3 rings (SSSR count). The molecule has 0 bridgehead atoms. The number of likely N-dealkylation sites (N-methyl/N-ethyl adjacent to an activating group) is 1. The molecule has 7 heteroatoms. The van der Waals surface area contributed by atoms with Crippen LogP contribution in [-0.2, 0) is 18.4 Å². The molecule has 0 aromatic carbocycles. The second-order valence-electron chi connectivity index (χ2n) is 8.47. The van der Waals surface area contributed by atoms with Gasteiger partial charge in [-0.15, -0.1) is 0 Å². The van der Waals surface area contributed by atoms with Crippen molar-refractivity contribution in [3.8, 4) is 0 Å². The lowest BCUT2D eigenvalue weighted by Crippen LogP contribution is -2.50. The van der Waals surface area contributed by atoms with Gasteiger partial charge in [-0.25, -0.2) is 9.97 Å². The molecule has 0 radical (unpaired) electrons. The molecule has 0 spiro atoms. The fraction of sp³-hybridized carbons (Fsp3) is 0.478. The highest BCUT2D eigenvalue weighted by Crippen LogP contribution is 2.36. The fourth-order valence-electron chi connectivity index (χ4n) is 4.50. The van der Waals surface area contributed by atoms with Gasteiger partial charge in [0.1, 0.15) is 12.1 Å². The maximum absolute atomic E-state index is 13.7. The number of ketones is 1. The Morgan fingerprint density at radius 3 is 2.67 bits per heavy atom. The number of aryl methyl sites for hydroxylation is 3. The Morgan fingerprint density at radius 1 is 1.30 bits per heavy atom. The molecular weight excluding hydrogens is 378 g/mol. The van der Waals surface area contributed by atoms with Gasteiger partial charge in [-0.05, 0) is 58.1 Å². The third-order valence-electron chi connectivity index (χ3n) is 6.39. The van der Waals surface area contributed by atoms with Crippen LogP contribution >= 0.6 is 0 Å². The number of carbonyl (C=O) groups is 1. The van der Waals surface area contributed by atoms with Gasteiger partial charge in [-0.1, -0.05) is 6.58 Å². The van der Waals surface area contributed by atoms with Gasteiger partial charge in [-0.3, -0.25) is 14.2 Å².